The van der Waals surface area contributed by atoms with Gasteiger partial charge in [0.1, 0.15) is 5.03 Å². The number of rotatable bonds is 4. The molecule has 3 aromatic rings. The zero-order valence-electron chi connectivity index (χ0n) is 15.4. The lowest BCUT2D eigenvalue weighted by atomic mass is 10.1. The van der Waals surface area contributed by atoms with E-state index in [0.29, 0.717) is 28.1 Å². The number of allylic oxidation sites excluding steroid dienone is 3. The number of anilines is 1. The quantitative estimate of drug-likeness (QED) is 0.646. The Morgan fingerprint density at radius 3 is 3.10 bits per heavy atom. The maximum absolute atomic E-state index is 12.9. The number of carbonyl (C=O) groups excluding carboxylic acids is 1. The molecule has 2 N–H and O–H groups in total. The molecule has 2 heterocycles. The topological polar surface area (TPSA) is 74.8 Å². The van der Waals surface area contributed by atoms with Gasteiger partial charge in [0, 0.05) is 29.9 Å². The van der Waals surface area contributed by atoms with Crippen LogP contribution in [0, 0.1) is 11.8 Å². The molecule has 1 amide bonds. The van der Waals surface area contributed by atoms with Gasteiger partial charge in [-0.1, -0.05) is 47.9 Å². The lowest BCUT2D eigenvalue weighted by Crippen LogP contribution is -2.14. The Morgan fingerprint density at radius 2 is 2.17 bits per heavy atom. The van der Waals surface area contributed by atoms with Gasteiger partial charge in [-0.25, -0.2) is 4.98 Å². The molecule has 1 unspecified atom stereocenters. The second-order valence-electron chi connectivity index (χ2n) is 6.30. The maximum Gasteiger partial charge on any atom is 0.258 e. The zero-order chi connectivity index (χ0) is 20.1. The molecule has 0 radical (unpaired) electrons. The number of aromatic nitrogens is 2. The van der Waals surface area contributed by atoms with Gasteiger partial charge in [-0.2, -0.15) is 0 Å². The number of nitrogens with zero attached hydrogens (tertiary/aromatic N) is 1. The van der Waals surface area contributed by atoms with Crippen LogP contribution in [0.2, 0.25) is 0 Å². The Morgan fingerprint density at radius 1 is 1.24 bits per heavy atom. The predicted octanol–water partition coefficient (Wildman–Crippen LogP) is 4.16. The highest BCUT2D eigenvalue weighted by molar-refractivity contribution is 8.00. The molecule has 29 heavy (non-hydrogen) atoms. The Balaban J connectivity index is 1.57. The Hall–Kier alpha value is -3.56. The molecule has 0 fully saturated rings. The van der Waals surface area contributed by atoms with Crippen LogP contribution in [0.25, 0.3) is 10.8 Å². The van der Waals surface area contributed by atoms with Gasteiger partial charge in [0.05, 0.1) is 10.8 Å². The van der Waals surface area contributed by atoms with E-state index in [1.54, 1.807) is 48.8 Å². The van der Waals surface area contributed by atoms with Gasteiger partial charge in [0.15, 0.2) is 0 Å². The van der Waals surface area contributed by atoms with Crippen LogP contribution in [0.5, 0.6) is 0 Å². The van der Waals surface area contributed by atoms with E-state index in [1.165, 1.54) is 11.8 Å². The molecular weight excluding hydrogens is 382 g/mol. The monoisotopic (exact) mass is 399 g/mol. The van der Waals surface area contributed by atoms with E-state index in [9.17, 15) is 9.59 Å². The number of aromatic amines is 1. The average molecular weight is 399 g/mol. The van der Waals surface area contributed by atoms with Gasteiger partial charge in [-0.3, -0.25) is 9.59 Å². The number of carbonyl (C=O) groups is 1. The molecule has 6 heteroatoms. The van der Waals surface area contributed by atoms with Gasteiger partial charge in [-0.05, 0) is 41.8 Å². The summed E-state index contributed by atoms with van der Waals surface area (Å²) in [7, 11) is 0. The average Bonchev–Trinajstić information content (AvgIpc) is 2.70. The third kappa shape index (κ3) is 4.48. The van der Waals surface area contributed by atoms with E-state index in [2.05, 4.69) is 27.1 Å². The van der Waals surface area contributed by atoms with Crippen molar-refractivity contribution >= 4 is 34.1 Å². The van der Waals surface area contributed by atoms with Crippen molar-refractivity contribution in [2.24, 2.45) is 0 Å². The summed E-state index contributed by atoms with van der Waals surface area (Å²) >= 11 is 1.45. The van der Waals surface area contributed by atoms with Gasteiger partial charge in [0.2, 0.25) is 0 Å². The Kier molecular flexibility index (Phi) is 5.59. The highest BCUT2D eigenvalue weighted by Crippen LogP contribution is 2.27. The van der Waals surface area contributed by atoms with Crippen LogP contribution in [-0.2, 0) is 0 Å². The van der Waals surface area contributed by atoms with Gasteiger partial charge in [0.25, 0.3) is 11.5 Å². The summed E-state index contributed by atoms with van der Waals surface area (Å²) < 4.78 is 0. The van der Waals surface area contributed by atoms with Crippen LogP contribution in [0.15, 0.2) is 82.9 Å². The van der Waals surface area contributed by atoms with Gasteiger partial charge >= 0.3 is 0 Å². The lowest BCUT2D eigenvalue weighted by molar-refractivity contribution is 0.102. The van der Waals surface area contributed by atoms with Crippen molar-refractivity contribution in [2.75, 3.05) is 5.32 Å². The molecule has 1 atom stereocenters. The second-order valence-corrected chi connectivity index (χ2v) is 7.43. The number of amides is 1. The molecule has 4 rings (SSSR count). The maximum atomic E-state index is 12.9. The zero-order valence-corrected chi connectivity index (χ0v) is 16.2. The molecule has 0 bridgehead atoms. The van der Waals surface area contributed by atoms with Crippen molar-refractivity contribution in [1.82, 2.24) is 9.97 Å². The van der Waals surface area contributed by atoms with Crippen molar-refractivity contribution < 1.29 is 4.79 Å². The van der Waals surface area contributed by atoms with E-state index in [-0.39, 0.29) is 16.7 Å². The van der Waals surface area contributed by atoms with Crippen LogP contribution in [0.3, 0.4) is 0 Å². The highest BCUT2D eigenvalue weighted by atomic mass is 32.2. The number of benzene rings is 1. The van der Waals surface area contributed by atoms with Crippen molar-refractivity contribution in [3.8, 4) is 11.8 Å². The summed E-state index contributed by atoms with van der Waals surface area (Å²) in [5, 5.41) is 4.78. The number of fused-ring (bicyclic) bond motifs is 1. The molecule has 1 aliphatic carbocycles. The number of H-pyrrole nitrogens is 1. The third-order valence-electron chi connectivity index (χ3n) is 4.28. The summed E-state index contributed by atoms with van der Waals surface area (Å²) in [6.07, 6.45) is 11.9. The minimum atomic E-state index is -0.257. The molecule has 0 saturated carbocycles. The summed E-state index contributed by atoms with van der Waals surface area (Å²) in [5.74, 6) is 6.03. The first-order chi connectivity index (χ1) is 14.2. The summed E-state index contributed by atoms with van der Waals surface area (Å²) in [6, 6.07) is 10.5. The molecule has 1 aliphatic rings. The fourth-order valence-electron chi connectivity index (χ4n) is 2.89. The fourth-order valence-corrected chi connectivity index (χ4v) is 3.85. The van der Waals surface area contributed by atoms with E-state index in [1.807, 2.05) is 24.3 Å². The first-order valence-electron chi connectivity index (χ1n) is 9.07. The lowest BCUT2D eigenvalue weighted by Gasteiger charge is -2.11. The fraction of sp³-hybridized carbons (Fsp3) is 0.0870. The molecule has 0 spiro atoms. The van der Waals surface area contributed by atoms with Crippen LogP contribution in [-0.4, -0.2) is 21.1 Å². The Bertz CT molecular complexity index is 1250. The van der Waals surface area contributed by atoms with Crippen molar-refractivity contribution in [2.45, 2.75) is 16.7 Å². The predicted molar refractivity (Wildman–Crippen MR) is 117 cm³/mol. The second kappa shape index (κ2) is 8.63. The van der Waals surface area contributed by atoms with Gasteiger partial charge in [-0.15, -0.1) is 0 Å². The number of nitrogens with one attached hydrogen (secondary N) is 2. The number of thioether (sulfide) groups is 1. The molecule has 0 aliphatic heterocycles. The standard InChI is InChI=1S/C23H17N3O2S/c27-21-19-11-10-17(15-16(19)12-14-24-21)26-22(28)20-9-6-13-25-23(20)29-18-7-4-2-1-3-5-8-18/h1-2,4,6-7,9-15,18H,3H2,(H,24,27)(H,26,28)/b2-1-,7-4-. The molecular formula is C23H17N3O2S. The molecule has 1 aromatic carbocycles. The highest BCUT2D eigenvalue weighted by Gasteiger charge is 2.16. The van der Waals surface area contributed by atoms with E-state index in [4.69, 9.17) is 0 Å². The van der Waals surface area contributed by atoms with Crippen LogP contribution in [0.4, 0.5) is 5.69 Å². The first kappa shape index (κ1) is 18.8. The number of hydrogen-bond acceptors (Lipinski definition) is 4. The van der Waals surface area contributed by atoms with E-state index >= 15 is 0 Å². The normalized spacial score (nSPS) is 17.4. The molecule has 142 valence electrons. The van der Waals surface area contributed by atoms with Crippen LogP contribution in [0.1, 0.15) is 16.8 Å². The molecule has 0 saturated heterocycles. The van der Waals surface area contributed by atoms with Crippen molar-refractivity contribution in [3.63, 3.8) is 0 Å². The van der Waals surface area contributed by atoms with Crippen molar-refractivity contribution in [3.05, 3.63) is 89.0 Å². The summed E-state index contributed by atoms with van der Waals surface area (Å²) in [4.78, 5) is 31.8. The largest absolute Gasteiger partial charge is 0.329 e. The van der Waals surface area contributed by atoms with E-state index in [0.717, 1.165) is 5.39 Å². The smallest absolute Gasteiger partial charge is 0.258 e. The third-order valence-corrected chi connectivity index (χ3v) is 5.36. The summed E-state index contributed by atoms with van der Waals surface area (Å²) in [5.41, 5.74) is 0.939. The minimum absolute atomic E-state index is 0.0752. The van der Waals surface area contributed by atoms with E-state index < -0.39 is 0 Å². The summed E-state index contributed by atoms with van der Waals surface area (Å²) in [6.45, 7) is 0. The number of pyridine rings is 2. The van der Waals surface area contributed by atoms with Crippen LogP contribution < -0.4 is 10.9 Å². The minimum Gasteiger partial charge on any atom is -0.329 e. The molecule has 5 nitrogen and oxygen atoms in total. The van der Waals surface area contributed by atoms with Crippen molar-refractivity contribution in [1.29, 1.82) is 0 Å². The SMILES string of the molecule is O=C(Nc1ccc2c(=O)[nH]ccc2c1)c1cccnc1SC1C#CC/C=C\C=C/1. The van der Waals surface area contributed by atoms with Gasteiger partial charge < -0.3 is 10.3 Å². The first-order valence-corrected chi connectivity index (χ1v) is 9.95. The van der Waals surface area contributed by atoms with Crippen LogP contribution >= 0.6 is 11.8 Å². The number of hydrogen-bond donors (Lipinski definition) is 2. The Labute approximate surface area is 172 Å². The molecule has 2 aromatic heterocycles.